The Morgan fingerprint density at radius 3 is 2.26 bits per heavy atom. The van der Waals surface area contributed by atoms with E-state index in [0.717, 1.165) is 50.6 Å². The highest BCUT2D eigenvalue weighted by Crippen LogP contribution is 2.30. The van der Waals surface area contributed by atoms with Crippen molar-refractivity contribution in [3.63, 3.8) is 0 Å². The molecule has 0 unspecified atom stereocenters. The first-order valence-corrected chi connectivity index (χ1v) is 14.8. The molecule has 1 aliphatic rings. The number of carbonyl (C=O) groups excluding carboxylic acids is 1. The molecule has 3 N–H and O–H groups in total. The molecule has 188 valence electrons. The number of piperidine rings is 1. The second-order valence-electron chi connectivity index (χ2n) is 8.80. The number of carbonyl (C=O) groups is 1. The number of benzene rings is 2. The van der Waals surface area contributed by atoms with Gasteiger partial charge >= 0.3 is 0 Å². The van der Waals surface area contributed by atoms with Crippen molar-refractivity contribution < 1.29 is 26.0 Å². The van der Waals surface area contributed by atoms with Gasteiger partial charge in [0.15, 0.2) is 0 Å². The molecule has 1 aromatic heterocycles. The number of fused-ring (bicyclic) bond motifs is 1. The molecule has 2 heterocycles. The Kier molecular flexibility index (Phi) is 7.06. The maximum absolute atomic E-state index is 13.0. The normalized spacial score (nSPS) is 15.7. The first kappa shape index (κ1) is 25.0. The number of nitrogens with one attached hydrogen (secondary N) is 3. The van der Waals surface area contributed by atoms with Gasteiger partial charge in [-0.05, 0) is 36.6 Å². The minimum absolute atomic E-state index is 0.0322. The van der Waals surface area contributed by atoms with E-state index in [1.165, 1.54) is 6.26 Å². The zero-order chi connectivity index (χ0) is 25.2. The monoisotopic (exact) mass is 520 g/mol. The summed E-state index contributed by atoms with van der Waals surface area (Å²) in [5.74, 6) is -0.299. The van der Waals surface area contributed by atoms with Gasteiger partial charge in [0.05, 0.1) is 29.8 Å². The Balaban J connectivity index is 1.35. The molecule has 0 saturated carbocycles. The van der Waals surface area contributed by atoms with Crippen molar-refractivity contribution in [1.29, 1.82) is 0 Å². The molecule has 3 aromatic rings. The van der Waals surface area contributed by atoms with Gasteiger partial charge in [-0.25, -0.2) is 16.8 Å². The lowest BCUT2D eigenvalue weighted by molar-refractivity contribution is 0.0883. The summed E-state index contributed by atoms with van der Waals surface area (Å²) in [6.07, 6.45) is 5.13. The van der Waals surface area contributed by atoms with Crippen molar-refractivity contribution >= 4 is 48.1 Å². The van der Waals surface area contributed by atoms with Crippen LogP contribution in [0.15, 0.2) is 53.1 Å². The molecular formula is C23H28N4O6S2. The highest BCUT2D eigenvalue weighted by molar-refractivity contribution is 7.92. The maximum atomic E-state index is 13.0. The average molecular weight is 521 g/mol. The molecule has 1 aliphatic heterocycles. The number of hydrogen-bond acceptors (Lipinski definition) is 7. The quantitative estimate of drug-likeness (QED) is 0.415. The molecule has 35 heavy (non-hydrogen) atoms. The summed E-state index contributed by atoms with van der Waals surface area (Å²) < 4.78 is 56.5. The third-order valence-electron chi connectivity index (χ3n) is 5.72. The molecule has 1 saturated heterocycles. The van der Waals surface area contributed by atoms with Gasteiger partial charge in [0.2, 0.25) is 25.8 Å². The Bertz CT molecular complexity index is 1420. The summed E-state index contributed by atoms with van der Waals surface area (Å²) in [5.41, 5.74) is 1.90. The maximum Gasteiger partial charge on any atom is 0.287 e. The zero-order valence-electron chi connectivity index (χ0n) is 19.4. The number of nitrogens with zero attached hydrogens (tertiary/aromatic N) is 1. The van der Waals surface area contributed by atoms with E-state index in [1.807, 2.05) is 12.1 Å². The topological polar surface area (TPSA) is 138 Å². The number of sulfonamides is 2. The Morgan fingerprint density at radius 1 is 0.971 bits per heavy atom. The molecule has 0 bridgehead atoms. The van der Waals surface area contributed by atoms with Gasteiger partial charge in [-0.3, -0.25) is 19.1 Å². The standard InChI is InChI=1S/C23H28N4O6S2/c1-34(29,30)25-19-8-6-16(7-9-19)14-27-12-10-18(11-13-27)24-23(28)22-21-17(15-33-22)4-3-5-20(21)26-35(2,31)32/h3-9,15,18,25-26H,10-14H2,1-2H3,(H,24,28). The van der Waals surface area contributed by atoms with Gasteiger partial charge in [-0.15, -0.1) is 0 Å². The third-order valence-corrected chi connectivity index (χ3v) is 6.91. The van der Waals surface area contributed by atoms with Gasteiger partial charge in [0.25, 0.3) is 5.91 Å². The van der Waals surface area contributed by atoms with E-state index in [0.29, 0.717) is 22.1 Å². The highest BCUT2D eigenvalue weighted by atomic mass is 32.2. The van der Waals surface area contributed by atoms with Gasteiger partial charge in [0, 0.05) is 36.7 Å². The summed E-state index contributed by atoms with van der Waals surface area (Å²) in [6.45, 7) is 2.30. The highest BCUT2D eigenvalue weighted by Gasteiger charge is 2.25. The van der Waals surface area contributed by atoms with Gasteiger partial charge in [0.1, 0.15) is 0 Å². The SMILES string of the molecule is CS(=O)(=O)Nc1ccc(CN2CCC(NC(=O)c3occ4cccc(NS(C)(=O)=O)c34)CC2)cc1. The summed E-state index contributed by atoms with van der Waals surface area (Å²) in [6, 6.07) is 12.3. The molecule has 0 aliphatic carbocycles. The van der Waals surface area contributed by atoms with Crippen molar-refractivity contribution in [2.24, 2.45) is 0 Å². The molecule has 4 rings (SSSR count). The fourth-order valence-corrected chi connectivity index (χ4v) is 5.33. The van der Waals surface area contributed by atoms with E-state index in [2.05, 4.69) is 19.7 Å². The Hall–Kier alpha value is -3.09. The van der Waals surface area contributed by atoms with Crippen LogP contribution in [0.2, 0.25) is 0 Å². The lowest BCUT2D eigenvalue weighted by Crippen LogP contribution is -2.44. The van der Waals surface area contributed by atoms with Crippen LogP contribution >= 0.6 is 0 Å². The summed E-state index contributed by atoms with van der Waals surface area (Å²) >= 11 is 0. The van der Waals surface area contributed by atoms with Crippen LogP contribution in [-0.2, 0) is 26.6 Å². The Labute approximate surface area is 204 Å². The Morgan fingerprint density at radius 2 is 1.63 bits per heavy atom. The van der Waals surface area contributed by atoms with E-state index in [-0.39, 0.29) is 17.7 Å². The smallest absolute Gasteiger partial charge is 0.287 e. The van der Waals surface area contributed by atoms with Crippen LogP contribution in [0.5, 0.6) is 0 Å². The van der Waals surface area contributed by atoms with Crippen molar-refractivity contribution in [3.05, 3.63) is 60.1 Å². The molecule has 1 fully saturated rings. The second kappa shape index (κ2) is 9.88. The predicted octanol–water partition coefficient (Wildman–Crippen LogP) is 2.57. The molecular weight excluding hydrogens is 492 g/mol. The summed E-state index contributed by atoms with van der Waals surface area (Å²) in [5, 5.41) is 4.08. The summed E-state index contributed by atoms with van der Waals surface area (Å²) in [4.78, 5) is 15.2. The molecule has 0 spiro atoms. The predicted molar refractivity (Wildman–Crippen MR) is 135 cm³/mol. The third kappa shape index (κ3) is 6.74. The van der Waals surface area contributed by atoms with E-state index < -0.39 is 20.0 Å². The van der Waals surface area contributed by atoms with Gasteiger partial charge in [-0.1, -0.05) is 24.3 Å². The molecule has 1 amide bonds. The molecule has 10 nitrogen and oxygen atoms in total. The van der Waals surface area contributed by atoms with E-state index in [4.69, 9.17) is 4.42 Å². The largest absolute Gasteiger partial charge is 0.458 e. The van der Waals surface area contributed by atoms with Crippen LogP contribution < -0.4 is 14.8 Å². The van der Waals surface area contributed by atoms with Crippen molar-refractivity contribution in [2.75, 3.05) is 35.0 Å². The lowest BCUT2D eigenvalue weighted by atomic mass is 10.0. The number of rotatable bonds is 8. The second-order valence-corrected chi connectivity index (χ2v) is 12.3. The fourth-order valence-electron chi connectivity index (χ4n) is 4.19. The van der Waals surface area contributed by atoms with E-state index in [9.17, 15) is 21.6 Å². The number of amides is 1. The van der Waals surface area contributed by atoms with E-state index >= 15 is 0 Å². The number of anilines is 2. The number of hydrogen-bond donors (Lipinski definition) is 3. The van der Waals surface area contributed by atoms with Crippen LogP contribution in [0, 0.1) is 0 Å². The first-order valence-electron chi connectivity index (χ1n) is 11.0. The zero-order valence-corrected chi connectivity index (χ0v) is 21.1. The minimum Gasteiger partial charge on any atom is -0.458 e. The minimum atomic E-state index is -3.52. The van der Waals surface area contributed by atoms with Crippen LogP contribution in [0.25, 0.3) is 10.8 Å². The van der Waals surface area contributed by atoms with Crippen molar-refractivity contribution in [1.82, 2.24) is 10.2 Å². The van der Waals surface area contributed by atoms with E-state index in [1.54, 1.807) is 30.3 Å². The first-order chi connectivity index (χ1) is 16.5. The fraction of sp³-hybridized carbons (Fsp3) is 0.348. The van der Waals surface area contributed by atoms with Crippen LogP contribution in [0.1, 0.15) is 29.0 Å². The number of likely N-dealkylation sites (tertiary alicyclic amines) is 1. The molecule has 0 atom stereocenters. The lowest BCUT2D eigenvalue weighted by Gasteiger charge is -2.32. The van der Waals surface area contributed by atoms with Crippen molar-refractivity contribution in [2.45, 2.75) is 25.4 Å². The molecule has 2 aromatic carbocycles. The molecule has 12 heteroatoms. The van der Waals surface area contributed by atoms with Crippen LogP contribution in [0.3, 0.4) is 0 Å². The van der Waals surface area contributed by atoms with Crippen molar-refractivity contribution in [3.8, 4) is 0 Å². The average Bonchev–Trinajstić information content (AvgIpc) is 3.20. The number of furan rings is 1. The van der Waals surface area contributed by atoms with Gasteiger partial charge in [-0.2, -0.15) is 0 Å². The van der Waals surface area contributed by atoms with Crippen LogP contribution in [0.4, 0.5) is 11.4 Å². The van der Waals surface area contributed by atoms with Gasteiger partial charge < -0.3 is 9.73 Å². The summed E-state index contributed by atoms with van der Waals surface area (Å²) in [7, 11) is -6.82. The molecule has 0 radical (unpaired) electrons. The van der Waals surface area contributed by atoms with Crippen LogP contribution in [-0.4, -0.2) is 59.3 Å².